The second kappa shape index (κ2) is 4.00. The summed E-state index contributed by atoms with van der Waals surface area (Å²) in [5.74, 6) is 0.631. The van der Waals surface area contributed by atoms with Gasteiger partial charge in [0, 0.05) is 11.4 Å². The van der Waals surface area contributed by atoms with Crippen LogP contribution in [0.2, 0.25) is 0 Å². The minimum Gasteiger partial charge on any atom is -0.399 e. The fourth-order valence-electron chi connectivity index (χ4n) is 1.33. The lowest BCUT2D eigenvalue weighted by Crippen LogP contribution is -2.02. The smallest absolute Gasteiger partial charge is 0.213 e. The number of benzene rings is 1. The SMILES string of the molecule is Cc1cc(N)ccc1NCc1ncon1. The molecule has 5 heteroatoms. The van der Waals surface area contributed by atoms with Gasteiger partial charge >= 0.3 is 0 Å². The molecule has 0 aliphatic carbocycles. The molecule has 3 N–H and O–H groups in total. The minimum atomic E-state index is 0.543. The van der Waals surface area contributed by atoms with E-state index in [1.807, 2.05) is 25.1 Å². The quantitative estimate of drug-likeness (QED) is 0.742. The summed E-state index contributed by atoms with van der Waals surface area (Å²) in [6, 6.07) is 5.70. The molecule has 2 aromatic rings. The first-order valence-corrected chi connectivity index (χ1v) is 4.61. The maximum atomic E-state index is 5.65. The number of rotatable bonds is 3. The first-order valence-electron chi connectivity index (χ1n) is 4.61. The number of nitrogens with zero attached hydrogens (tertiary/aromatic N) is 2. The van der Waals surface area contributed by atoms with E-state index >= 15 is 0 Å². The van der Waals surface area contributed by atoms with Crippen LogP contribution in [0.5, 0.6) is 0 Å². The molecule has 0 radical (unpaired) electrons. The summed E-state index contributed by atoms with van der Waals surface area (Å²) in [4.78, 5) is 3.91. The van der Waals surface area contributed by atoms with Gasteiger partial charge in [-0.2, -0.15) is 4.98 Å². The molecule has 0 fully saturated rings. The Bertz CT molecular complexity index is 439. The van der Waals surface area contributed by atoms with Crippen molar-refractivity contribution in [3.05, 3.63) is 36.0 Å². The zero-order valence-electron chi connectivity index (χ0n) is 8.40. The van der Waals surface area contributed by atoms with Crippen molar-refractivity contribution in [3.8, 4) is 0 Å². The molecule has 78 valence electrons. The number of anilines is 2. The highest BCUT2D eigenvalue weighted by molar-refractivity contribution is 5.57. The van der Waals surface area contributed by atoms with Crippen LogP contribution >= 0.6 is 0 Å². The topological polar surface area (TPSA) is 77.0 Å². The summed E-state index contributed by atoms with van der Waals surface area (Å²) in [7, 11) is 0. The van der Waals surface area contributed by atoms with E-state index in [-0.39, 0.29) is 0 Å². The van der Waals surface area contributed by atoms with Crippen molar-refractivity contribution >= 4 is 11.4 Å². The Balaban J connectivity index is 2.05. The third kappa shape index (κ3) is 2.25. The molecular weight excluding hydrogens is 192 g/mol. The van der Waals surface area contributed by atoms with Crippen LogP contribution in [0, 0.1) is 6.92 Å². The van der Waals surface area contributed by atoms with Gasteiger partial charge < -0.3 is 15.6 Å². The van der Waals surface area contributed by atoms with Crippen molar-refractivity contribution in [1.82, 2.24) is 10.1 Å². The van der Waals surface area contributed by atoms with E-state index in [4.69, 9.17) is 5.73 Å². The van der Waals surface area contributed by atoms with Gasteiger partial charge in [-0.15, -0.1) is 0 Å². The van der Waals surface area contributed by atoms with Crippen LogP contribution in [-0.4, -0.2) is 10.1 Å². The molecule has 5 nitrogen and oxygen atoms in total. The van der Waals surface area contributed by atoms with E-state index in [0.29, 0.717) is 12.4 Å². The van der Waals surface area contributed by atoms with Crippen LogP contribution in [0.25, 0.3) is 0 Å². The number of nitrogens with one attached hydrogen (secondary N) is 1. The van der Waals surface area contributed by atoms with Gasteiger partial charge in [0.15, 0.2) is 5.82 Å². The maximum absolute atomic E-state index is 5.65. The molecule has 2 rings (SSSR count). The van der Waals surface area contributed by atoms with E-state index in [2.05, 4.69) is 20.0 Å². The fraction of sp³-hybridized carbons (Fsp3) is 0.200. The van der Waals surface area contributed by atoms with E-state index in [0.717, 1.165) is 16.9 Å². The molecule has 0 aliphatic heterocycles. The van der Waals surface area contributed by atoms with Gasteiger partial charge in [0.05, 0.1) is 6.54 Å². The predicted octanol–water partition coefficient (Wildman–Crippen LogP) is 1.57. The Labute approximate surface area is 87.3 Å². The standard InChI is InChI=1S/C10H12N4O/c1-7-4-8(11)2-3-9(7)12-5-10-13-6-15-14-10/h2-4,6,12H,5,11H2,1H3. The molecule has 0 aliphatic rings. The van der Waals surface area contributed by atoms with E-state index < -0.39 is 0 Å². The second-order valence-corrected chi connectivity index (χ2v) is 3.28. The predicted molar refractivity (Wildman–Crippen MR) is 57.2 cm³/mol. The monoisotopic (exact) mass is 204 g/mol. The molecule has 1 heterocycles. The third-order valence-corrected chi connectivity index (χ3v) is 2.09. The summed E-state index contributed by atoms with van der Waals surface area (Å²) >= 11 is 0. The van der Waals surface area contributed by atoms with Crippen LogP contribution in [0.3, 0.4) is 0 Å². The van der Waals surface area contributed by atoms with Gasteiger partial charge in [-0.25, -0.2) is 0 Å². The summed E-state index contributed by atoms with van der Waals surface area (Å²) in [5, 5.41) is 6.91. The average Bonchev–Trinajstić information content (AvgIpc) is 2.69. The fourth-order valence-corrected chi connectivity index (χ4v) is 1.33. The Morgan fingerprint density at radius 3 is 3.00 bits per heavy atom. The summed E-state index contributed by atoms with van der Waals surface area (Å²) in [5.41, 5.74) is 8.53. The number of aromatic nitrogens is 2. The molecule has 0 bridgehead atoms. The average molecular weight is 204 g/mol. The van der Waals surface area contributed by atoms with Gasteiger partial charge in [0.2, 0.25) is 6.39 Å². The van der Waals surface area contributed by atoms with Crippen molar-refractivity contribution in [1.29, 1.82) is 0 Å². The van der Waals surface area contributed by atoms with Gasteiger partial charge in [-0.05, 0) is 30.7 Å². The van der Waals surface area contributed by atoms with Crippen LogP contribution in [-0.2, 0) is 6.54 Å². The number of hydrogen-bond acceptors (Lipinski definition) is 5. The highest BCUT2D eigenvalue weighted by atomic mass is 16.5. The first-order chi connectivity index (χ1) is 7.25. The highest BCUT2D eigenvalue weighted by Gasteiger charge is 2.00. The Hall–Kier alpha value is -2.04. The Morgan fingerprint density at radius 1 is 1.47 bits per heavy atom. The molecule has 0 saturated carbocycles. The van der Waals surface area contributed by atoms with Crippen LogP contribution in [0.15, 0.2) is 29.1 Å². The maximum Gasteiger partial charge on any atom is 0.213 e. The van der Waals surface area contributed by atoms with Crippen molar-refractivity contribution in [2.45, 2.75) is 13.5 Å². The van der Waals surface area contributed by atoms with Crippen LogP contribution in [0.4, 0.5) is 11.4 Å². The van der Waals surface area contributed by atoms with E-state index in [1.54, 1.807) is 0 Å². The van der Waals surface area contributed by atoms with Crippen molar-refractivity contribution in [2.24, 2.45) is 0 Å². The molecule has 0 unspecified atom stereocenters. The van der Waals surface area contributed by atoms with E-state index in [1.165, 1.54) is 6.39 Å². The van der Waals surface area contributed by atoms with Crippen LogP contribution in [0.1, 0.15) is 11.4 Å². The largest absolute Gasteiger partial charge is 0.399 e. The molecule has 15 heavy (non-hydrogen) atoms. The Kier molecular flexibility index (Phi) is 2.53. The highest BCUT2D eigenvalue weighted by Crippen LogP contribution is 2.17. The van der Waals surface area contributed by atoms with E-state index in [9.17, 15) is 0 Å². The summed E-state index contributed by atoms with van der Waals surface area (Å²) < 4.78 is 4.63. The zero-order valence-corrected chi connectivity index (χ0v) is 8.40. The van der Waals surface area contributed by atoms with Gasteiger partial charge in [-0.3, -0.25) is 0 Å². The first kappa shape index (κ1) is 9.51. The normalized spacial score (nSPS) is 10.2. The van der Waals surface area contributed by atoms with Crippen molar-refractivity contribution < 1.29 is 4.52 Å². The van der Waals surface area contributed by atoms with Gasteiger partial charge in [0.1, 0.15) is 0 Å². The van der Waals surface area contributed by atoms with Crippen LogP contribution < -0.4 is 11.1 Å². The number of nitrogen functional groups attached to an aromatic ring is 1. The lowest BCUT2D eigenvalue weighted by atomic mass is 10.2. The molecule has 1 aromatic heterocycles. The molecule has 0 atom stereocenters. The second-order valence-electron chi connectivity index (χ2n) is 3.28. The van der Waals surface area contributed by atoms with Crippen molar-refractivity contribution in [3.63, 3.8) is 0 Å². The van der Waals surface area contributed by atoms with Gasteiger partial charge in [-0.1, -0.05) is 5.16 Å². The summed E-state index contributed by atoms with van der Waals surface area (Å²) in [6.07, 6.45) is 1.31. The molecule has 0 spiro atoms. The molecule has 0 amide bonds. The van der Waals surface area contributed by atoms with Crippen molar-refractivity contribution in [2.75, 3.05) is 11.1 Å². The molecular formula is C10H12N4O. The number of aryl methyl sites for hydroxylation is 1. The third-order valence-electron chi connectivity index (χ3n) is 2.09. The zero-order chi connectivity index (χ0) is 10.7. The number of nitrogens with two attached hydrogens (primary N) is 1. The Morgan fingerprint density at radius 2 is 2.33 bits per heavy atom. The molecule has 1 aromatic carbocycles. The lowest BCUT2D eigenvalue weighted by molar-refractivity contribution is 0.411. The van der Waals surface area contributed by atoms with Gasteiger partial charge in [0.25, 0.3) is 0 Å². The lowest BCUT2D eigenvalue weighted by Gasteiger charge is -2.07. The molecule has 0 saturated heterocycles. The minimum absolute atomic E-state index is 0.543. The number of hydrogen-bond donors (Lipinski definition) is 2. The summed E-state index contributed by atoms with van der Waals surface area (Å²) in [6.45, 7) is 2.54.